The van der Waals surface area contributed by atoms with Crippen LogP contribution in [-0.4, -0.2) is 23.3 Å². The predicted molar refractivity (Wildman–Crippen MR) is 95.3 cm³/mol. The minimum absolute atomic E-state index is 0.105. The molecule has 0 aliphatic carbocycles. The van der Waals surface area contributed by atoms with Crippen LogP contribution in [0, 0.1) is 0 Å². The van der Waals surface area contributed by atoms with Crippen molar-refractivity contribution in [3.63, 3.8) is 0 Å². The first-order valence-electron chi connectivity index (χ1n) is 8.29. The summed E-state index contributed by atoms with van der Waals surface area (Å²) >= 11 is 1.43. The van der Waals surface area contributed by atoms with Crippen LogP contribution in [0.25, 0.3) is 0 Å². The van der Waals surface area contributed by atoms with Gasteiger partial charge < -0.3 is 10.2 Å². The average Bonchev–Trinajstić information content (AvgIpc) is 3.10. The van der Waals surface area contributed by atoms with Crippen molar-refractivity contribution < 1.29 is 9.59 Å². The van der Waals surface area contributed by atoms with Crippen molar-refractivity contribution in [2.24, 2.45) is 0 Å². The minimum atomic E-state index is -0.105. The molecule has 0 bridgehead atoms. The number of anilines is 1. The molecule has 2 aromatic rings. The molecule has 2 amide bonds. The number of thiazole rings is 1. The SMILES string of the molecule is CCc1ncc(C(=O)NCc2cccc(N3CCCCC3=O)c2)s1. The average molecular weight is 343 g/mol. The molecular weight excluding hydrogens is 322 g/mol. The van der Waals surface area contributed by atoms with E-state index in [1.807, 2.05) is 36.1 Å². The summed E-state index contributed by atoms with van der Waals surface area (Å²) in [6, 6.07) is 7.82. The van der Waals surface area contributed by atoms with Crippen LogP contribution in [0.5, 0.6) is 0 Å². The largest absolute Gasteiger partial charge is 0.347 e. The highest BCUT2D eigenvalue weighted by Gasteiger charge is 2.19. The van der Waals surface area contributed by atoms with Crippen LogP contribution in [0.4, 0.5) is 5.69 Å². The first-order chi connectivity index (χ1) is 11.7. The van der Waals surface area contributed by atoms with Gasteiger partial charge in [0.15, 0.2) is 0 Å². The van der Waals surface area contributed by atoms with Gasteiger partial charge in [0.1, 0.15) is 4.88 Å². The van der Waals surface area contributed by atoms with E-state index in [1.54, 1.807) is 6.20 Å². The molecular formula is C18H21N3O2S. The van der Waals surface area contributed by atoms with Gasteiger partial charge in [-0.25, -0.2) is 4.98 Å². The molecule has 0 saturated carbocycles. The summed E-state index contributed by atoms with van der Waals surface area (Å²) in [5.41, 5.74) is 1.90. The number of hydrogen-bond donors (Lipinski definition) is 1. The van der Waals surface area contributed by atoms with E-state index in [0.29, 0.717) is 17.8 Å². The number of carbonyl (C=O) groups excluding carboxylic acids is 2. The molecule has 1 aromatic carbocycles. The monoisotopic (exact) mass is 343 g/mol. The highest BCUT2D eigenvalue weighted by atomic mass is 32.1. The van der Waals surface area contributed by atoms with E-state index in [4.69, 9.17) is 0 Å². The van der Waals surface area contributed by atoms with Crippen LogP contribution in [0.2, 0.25) is 0 Å². The Labute approximate surface area is 145 Å². The molecule has 1 fully saturated rings. The molecule has 1 saturated heterocycles. The topological polar surface area (TPSA) is 62.3 Å². The van der Waals surface area contributed by atoms with E-state index in [2.05, 4.69) is 10.3 Å². The maximum Gasteiger partial charge on any atom is 0.263 e. The van der Waals surface area contributed by atoms with E-state index in [-0.39, 0.29) is 11.8 Å². The summed E-state index contributed by atoms with van der Waals surface area (Å²) in [7, 11) is 0. The lowest BCUT2D eigenvalue weighted by atomic mass is 10.1. The maximum absolute atomic E-state index is 12.2. The fourth-order valence-corrected chi connectivity index (χ4v) is 3.54. The van der Waals surface area contributed by atoms with Gasteiger partial charge in [-0.3, -0.25) is 9.59 Å². The molecule has 1 aromatic heterocycles. The zero-order chi connectivity index (χ0) is 16.9. The van der Waals surface area contributed by atoms with Crippen molar-refractivity contribution in [2.45, 2.75) is 39.2 Å². The number of rotatable bonds is 5. The van der Waals surface area contributed by atoms with E-state index in [0.717, 1.165) is 42.1 Å². The number of benzene rings is 1. The Morgan fingerprint density at radius 1 is 1.38 bits per heavy atom. The number of aryl methyl sites for hydroxylation is 1. The molecule has 3 rings (SSSR count). The van der Waals surface area contributed by atoms with Crippen molar-refractivity contribution in [3.8, 4) is 0 Å². The molecule has 0 atom stereocenters. The summed E-state index contributed by atoms with van der Waals surface area (Å²) in [6.07, 6.45) is 5.09. The number of piperidine rings is 1. The van der Waals surface area contributed by atoms with Crippen molar-refractivity contribution in [1.82, 2.24) is 10.3 Å². The number of aromatic nitrogens is 1. The summed E-state index contributed by atoms with van der Waals surface area (Å²) in [4.78, 5) is 30.9. The first kappa shape index (κ1) is 16.6. The van der Waals surface area contributed by atoms with Crippen LogP contribution in [0.1, 0.15) is 46.4 Å². The molecule has 6 heteroatoms. The molecule has 2 heterocycles. The molecule has 24 heavy (non-hydrogen) atoms. The number of hydrogen-bond acceptors (Lipinski definition) is 4. The van der Waals surface area contributed by atoms with Crippen molar-refractivity contribution in [2.75, 3.05) is 11.4 Å². The van der Waals surface area contributed by atoms with Gasteiger partial charge in [0, 0.05) is 25.2 Å². The van der Waals surface area contributed by atoms with Crippen LogP contribution in [0.3, 0.4) is 0 Å². The second-order valence-electron chi connectivity index (χ2n) is 5.83. The molecule has 5 nitrogen and oxygen atoms in total. The predicted octanol–water partition coefficient (Wildman–Crippen LogP) is 3.15. The lowest BCUT2D eigenvalue weighted by Gasteiger charge is -2.27. The standard InChI is InChI=1S/C18H21N3O2S/c1-2-16-19-12-15(24-16)18(23)20-11-13-6-5-7-14(10-13)21-9-4-3-8-17(21)22/h5-7,10,12H,2-4,8-9,11H2,1H3,(H,20,23). The summed E-state index contributed by atoms with van der Waals surface area (Å²) in [5.74, 6) is 0.0749. The highest BCUT2D eigenvalue weighted by molar-refractivity contribution is 7.13. The van der Waals surface area contributed by atoms with Gasteiger partial charge in [-0.2, -0.15) is 0 Å². The van der Waals surface area contributed by atoms with Gasteiger partial charge in [0.2, 0.25) is 5.91 Å². The van der Waals surface area contributed by atoms with Crippen molar-refractivity contribution in [1.29, 1.82) is 0 Å². The second-order valence-corrected chi connectivity index (χ2v) is 6.94. The molecule has 1 N–H and O–H groups in total. The molecule has 0 radical (unpaired) electrons. The molecule has 0 unspecified atom stereocenters. The van der Waals surface area contributed by atoms with Crippen LogP contribution in [0.15, 0.2) is 30.5 Å². The Balaban J connectivity index is 1.64. The first-order valence-corrected chi connectivity index (χ1v) is 9.11. The number of carbonyl (C=O) groups is 2. The molecule has 0 spiro atoms. The highest BCUT2D eigenvalue weighted by Crippen LogP contribution is 2.22. The molecule has 126 valence electrons. The van der Waals surface area contributed by atoms with Gasteiger partial charge in [-0.05, 0) is 37.0 Å². The van der Waals surface area contributed by atoms with Gasteiger partial charge in [0.05, 0.1) is 11.2 Å². The summed E-state index contributed by atoms with van der Waals surface area (Å²) in [5, 5.41) is 3.89. The van der Waals surface area contributed by atoms with Gasteiger partial charge in [-0.15, -0.1) is 11.3 Å². The summed E-state index contributed by atoms with van der Waals surface area (Å²) < 4.78 is 0. The van der Waals surface area contributed by atoms with Crippen LogP contribution in [-0.2, 0) is 17.8 Å². The Bertz CT molecular complexity index is 741. The molecule has 1 aliphatic rings. The third-order valence-electron chi connectivity index (χ3n) is 4.08. The van der Waals surface area contributed by atoms with E-state index < -0.39 is 0 Å². The summed E-state index contributed by atoms with van der Waals surface area (Å²) in [6.45, 7) is 3.23. The van der Waals surface area contributed by atoms with Crippen molar-refractivity contribution in [3.05, 3.63) is 45.9 Å². The number of amides is 2. The fraction of sp³-hybridized carbons (Fsp3) is 0.389. The number of nitrogens with zero attached hydrogens (tertiary/aromatic N) is 2. The minimum Gasteiger partial charge on any atom is -0.347 e. The quantitative estimate of drug-likeness (QED) is 0.907. The normalized spacial score (nSPS) is 14.7. The van der Waals surface area contributed by atoms with Gasteiger partial charge >= 0.3 is 0 Å². The Morgan fingerprint density at radius 3 is 3.00 bits per heavy atom. The Kier molecular flexibility index (Phi) is 5.25. The number of nitrogens with one attached hydrogen (secondary N) is 1. The second kappa shape index (κ2) is 7.57. The van der Waals surface area contributed by atoms with Gasteiger partial charge in [0.25, 0.3) is 5.91 Å². The van der Waals surface area contributed by atoms with Gasteiger partial charge in [-0.1, -0.05) is 19.1 Å². The third-order valence-corrected chi connectivity index (χ3v) is 5.22. The van der Waals surface area contributed by atoms with E-state index in [1.165, 1.54) is 11.3 Å². The lowest BCUT2D eigenvalue weighted by Crippen LogP contribution is -2.35. The Hall–Kier alpha value is -2.21. The van der Waals surface area contributed by atoms with Crippen molar-refractivity contribution >= 4 is 28.8 Å². The lowest BCUT2D eigenvalue weighted by molar-refractivity contribution is -0.119. The zero-order valence-corrected chi connectivity index (χ0v) is 14.6. The zero-order valence-electron chi connectivity index (χ0n) is 13.7. The van der Waals surface area contributed by atoms with E-state index >= 15 is 0 Å². The van der Waals surface area contributed by atoms with Crippen LogP contribution >= 0.6 is 11.3 Å². The fourth-order valence-electron chi connectivity index (χ4n) is 2.76. The molecule has 1 aliphatic heterocycles. The smallest absolute Gasteiger partial charge is 0.263 e. The van der Waals surface area contributed by atoms with E-state index in [9.17, 15) is 9.59 Å². The van der Waals surface area contributed by atoms with Crippen LogP contribution < -0.4 is 10.2 Å². The maximum atomic E-state index is 12.2. The third kappa shape index (κ3) is 3.82. The Morgan fingerprint density at radius 2 is 2.25 bits per heavy atom.